The van der Waals surface area contributed by atoms with Gasteiger partial charge >= 0.3 is 0 Å². The molecule has 0 atom stereocenters. The summed E-state index contributed by atoms with van der Waals surface area (Å²) in [6.07, 6.45) is 1.59. The van der Waals surface area contributed by atoms with E-state index in [0.717, 1.165) is 16.6 Å². The van der Waals surface area contributed by atoms with Crippen molar-refractivity contribution in [2.24, 2.45) is 0 Å². The van der Waals surface area contributed by atoms with E-state index in [-0.39, 0.29) is 0 Å². The summed E-state index contributed by atoms with van der Waals surface area (Å²) in [4.78, 5) is 0. The normalized spacial score (nSPS) is 10.6. The zero-order valence-corrected chi connectivity index (χ0v) is 13.1. The molecule has 0 saturated heterocycles. The second-order valence-electron chi connectivity index (χ2n) is 4.14. The highest BCUT2D eigenvalue weighted by Crippen LogP contribution is 2.37. The lowest BCUT2D eigenvalue weighted by atomic mass is 10.2. The van der Waals surface area contributed by atoms with E-state index in [1.165, 1.54) is 0 Å². The van der Waals surface area contributed by atoms with Gasteiger partial charge in [0.15, 0.2) is 17.3 Å². The van der Waals surface area contributed by atoms with Gasteiger partial charge in [-0.2, -0.15) is 0 Å². The first-order chi connectivity index (χ1) is 9.74. The first-order valence-corrected chi connectivity index (χ1v) is 7.16. The van der Waals surface area contributed by atoms with Gasteiger partial charge in [-0.05, 0) is 47.6 Å². The second-order valence-corrected chi connectivity index (χ2v) is 4.99. The van der Waals surface area contributed by atoms with Crippen molar-refractivity contribution < 1.29 is 14.0 Å². The van der Waals surface area contributed by atoms with E-state index in [0.29, 0.717) is 30.5 Å². The molecule has 1 N–H and O–H groups in total. The predicted octanol–water partition coefficient (Wildman–Crippen LogP) is 3.13. The molecule has 1 heterocycles. The molecule has 108 valence electrons. The zero-order chi connectivity index (χ0) is 14.4. The van der Waals surface area contributed by atoms with Crippen LogP contribution in [-0.4, -0.2) is 18.8 Å². The smallest absolute Gasteiger partial charge is 0.176 e. The molecule has 0 aliphatic rings. The summed E-state index contributed by atoms with van der Waals surface area (Å²) in [6, 6.07) is 5.75. The number of nitrogens with one attached hydrogen (secondary N) is 1. The highest BCUT2D eigenvalue weighted by Gasteiger charge is 2.13. The molecule has 0 saturated carbocycles. The van der Waals surface area contributed by atoms with Crippen molar-refractivity contribution in [3.05, 3.63) is 40.2 Å². The Hall–Kier alpha value is -1.53. The molecular weight excluding hydrogens is 324 g/mol. The molecule has 2 rings (SSSR count). The van der Waals surface area contributed by atoms with Gasteiger partial charge in [0.05, 0.1) is 17.3 Å². The molecule has 0 amide bonds. The Morgan fingerprint density at radius 1 is 1.35 bits per heavy atom. The molecule has 0 aliphatic heterocycles. The lowest BCUT2D eigenvalue weighted by Crippen LogP contribution is -2.06. The van der Waals surface area contributed by atoms with Crippen molar-refractivity contribution in [2.75, 3.05) is 13.7 Å². The van der Waals surface area contributed by atoms with Gasteiger partial charge in [-0.1, -0.05) is 5.16 Å². The van der Waals surface area contributed by atoms with E-state index in [1.54, 1.807) is 12.3 Å². The summed E-state index contributed by atoms with van der Waals surface area (Å²) in [5.74, 6) is 2.05. The predicted molar refractivity (Wildman–Crippen MR) is 78.9 cm³/mol. The van der Waals surface area contributed by atoms with E-state index in [2.05, 4.69) is 26.4 Å². The fourth-order valence-corrected chi connectivity index (χ4v) is 2.39. The van der Waals surface area contributed by atoms with Crippen LogP contribution in [0.15, 0.2) is 33.4 Å². The van der Waals surface area contributed by atoms with Crippen molar-refractivity contribution >= 4 is 15.9 Å². The van der Waals surface area contributed by atoms with E-state index in [4.69, 9.17) is 14.0 Å². The van der Waals surface area contributed by atoms with Gasteiger partial charge in [-0.25, -0.2) is 0 Å². The molecule has 0 radical (unpaired) electrons. The molecule has 6 heteroatoms. The van der Waals surface area contributed by atoms with Gasteiger partial charge < -0.3 is 19.3 Å². The SMILES string of the molecule is CCOc1cc(CNC)cc(Br)c1OCc1ccno1. The quantitative estimate of drug-likeness (QED) is 0.839. The summed E-state index contributed by atoms with van der Waals surface area (Å²) >= 11 is 3.52. The van der Waals surface area contributed by atoms with Gasteiger partial charge in [-0.3, -0.25) is 0 Å². The van der Waals surface area contributed by atoms with Crippen LogP contribution < -0.4 is 14.8 Å². The molecule has 2 aromatic rings. The average molecular weight is 341 g/mol. The number of nitrogens with zero attached hydrogens (tertiary/aromatic N) is 1. The fourth-order valence-electron chi connectivity index (χ4n) is 1.79. The fraction of sp³-hybridized carbons (Fsp3) is 0.357. The number of aromatic nitrogens is 1. The number of hydrogen-bond donors (Lipinski definition) is 1. The highest BCUT2D eigenvalue weighted by molar-refractivity contribution is 9.10. The van der Waals surface area contributed by atoms with Gasteiger partial charge in [0.25, 0.3) is 0 Å². The van der Waals surface area contributed by atoms with Crippen LogP contribution in [0, 0.1) is 0 Å². The van der Waals surface area contributed by atoms with Crippen molar-refractivity contribution in [3.63, 3.8) is 0 Å². The van der Waals surface area contributed by atoms with E-state index >= 15 is 0 Å². The van der Waals surface area contributed by atoms with Crippen LogP contribution in [-0.2, 0) is 13.2 Å². The third-order valence-corrected chi connectivity index (χ3v) is 3.19. The van der Waals surface area contributed by atoms with Crippen LogP contribution in [0.25, 0.3) is 0 Å². The molecular formula is C14H17BrN2O3. The number of halogens is 1. The molecule has 0 fully saturated rings. The van der Waals surface area contributed by atoms with Crippen LogP contribution in [0.5, 0.6) is 11.5 Å². The summed E-state index contributed by atoms with van der Waals surface area (Å²) in [5.41, 5.74) is 1.12. The summed E-state index contributed by atoms with van der Waals surface area (Å²) in [7, 11) is 1.91. The monoisotopic (exact) mass is 340 g/mol. The molecule has 20 heavy (non-hydrogen) atoms. The van der Waals surface area contributed by atoms with Crippen LogP contribution >= 0.6 is 15.9 Å². The maximum absolute atomic E-state index is 5.77. The Bertz CT molecular complexity index is 544. The van der Waals surface area contributed by atoms with Gasteiger partial charge in [0, 0.05) is 12.6 Å². The molecule has 0 spiro atoms. The molecule has 0 unspecified atom stereocenters. The lowest BCUT2D eigenvalue weighted by Gasteiger charge is -2.14. The lowest BCUT2D eigenvalue weighted by molar-refractivity contribution is 0.232. The first kappa shape index (κ1) is 14.9. The maximum atomic E-state index is 5.77. The minimum atomic E-state index is 0.310. The van der Waals surface area contributed by atoms with Crippen molar-refractivity contribution in [1.29, 1.82) is 0 Å². The summed E-state index contributed by atoms with van der Waals surface area (Å²) in [6.45, 7) is 3.60. The Morgan fingerprint density at radius 2 is 2.20 bits per heavy atom. The van der Waals surface area contributed by atoms with E-state index in [9.17, 15) is 0 Å². The standard InChI is InChI=1S/C14H17BrN2O3/c1-3-18-13-7-10(8-16-2)6-12(15)14(13)19-9-11-4-5-17-20-11/h4-7,16H,3,8-9H2,1-2H3. The highest BCUT2D eigenvalue weighted by atomic mass is 79.9. The van der Waals surface area contributed by atoms with Crippen LogP contribution in [0.3, 0.4) is 0 Å². The van der Waals surface area contributed by atoms with E-state index < -0.39 is 0 Å². The minimum Gasteiger partial charge on any atom is -0.490 e. The largest absolute Gasteiger partial charge is 0.490 e. The van der Waals surface area contributed by atoms with Crippen molar-refractivity contribution in [1.82, 2.24) is 10.5 Å². The Labute approximate surface area is 126 Å². The summed E-state index contributed by atoms with van der Waals surface area (Å²) < 4.78 is 17.3. The molecule has 1 aromatic carbocycles. The number of hydrogen-bond acceptors (Lipinski definition) is 5. The van der Waals surface area contributed by atoms with Gasteiger partial charge in [0.1, 0.15) is 6.61 Å². The Morgan fingerprint density at radius 3 is 2.85 bits per heavy atom. The van der Waals surface area contributed by atoms with Gasteiger partial charge in [-0.15, -0.1) is 0 Å². The summed E-state index contributed by atoms with van der Waals surface area (Å²) in [5, 5.41) is 6.76. The van der Waals surface area contributed by atoms with Crippen molar-refractivity contribution in [3.8, 4) is 11.5 Å². The molecule has 0 bridgehead atoms. The third-order valence-electron chi connectivity index (χ3n) is 2.60. The second kappa shape index (κ2) is 7.31. The van der Waals surface area contributed by atoms with Crippen molar-refractivity contribution in [2.45, 2.75) is 20.1 Å². The topological polar surface area (TPSA) is 56.5 Å². The third kappa shape index (κ3) is 3.74. The maximum Gasteiger partial charge on any atom is 0.176 e. The zero-order valence-electron chi connectivity index (χ0n) is 11.5. The van der Waals surface area contributed by atoms with Crippen LogP contribution in [0.4, 0.5) is 0 Å². The van der Waals surface area contributed by atoms with E-state index in [1.807, 2.05) is 26.1 Å². The molecule has 0 aliphatic carbocycles. The minimum absolute atomic E-state index is 0.310. The molecule has 1 aromatic heterocycles. The number of benzene rings is 1. The number of ether oxygens (including phenoxy) is 2. The first-order valence-electron chi connectivity index (χ1n) is 6.36. The molecule has 5 nitrogen and oxygen atoms in total. The van der Waals surface area contributed by atoms with Gasteiger partial charge in [0.2, 0.25) is 0 Å². The number of rotatable bonds is 7. The van der Waals surface area contributed by atoms with Crippen LogP contribution in [0.1, 0.15) is 18.2 Å². The Balaban J connectivity index is 2.20. The average Bonchev–Trinajstić information content (AvgIpc) is 2.92. The Kier molecular flexibility index (Phi) is 5.43. The van der Waals surface area contributed by atoms with Crippen LogP contribution in [0.2, 0.25) is 0 Å².